The zero-order valence-electron chi connectivity index (χ0n) is 18.6. The minimum atomic E-state index is -3.93. The summed E-state index contributed by atoms with van der Waals surface area (Å²) >= 11 is 1.46. The monoisotopic (exact) mass is 495 g/mol. The molecule has 0 unspecified atom stereocenters. The van der Waals surface area contributed by atoms with Gasteiger partial charge < -0.3 is 14.8 Å². The number of thiophene rings is 1. The molecule has 34 heavy (non-hydrogen) atoms. The number of nitrogens with zero attached hydrogens (tertiary/aromatic N) is 4. The summed E-state index contributed by atoms with van der Waals surface area (Å²) in [5.41, 5.74) is 2.56. The number of rotatable bonds is 7. The van der Waals surface area contributed by atoms with Crippen molar-refractivity contribution in [3.8, 4) is 11.5 Å². The van der Waals surface area contributed by atoms with E-state index >= 15 is 0 Å². The Kier molecular flexibility index (Phi) is 5.58. The fourth-order valence-electron chi connectivity index (χ4n) is 3.61. The van der Waals surface area contributed by atoms with Crippen molar-refractivity contribution in [3.05, 3.63) is 59.5 Å². The lowest BCUT2D eigenvalue weighted by Gasteiger charge is -2.11. The predicted octanol–water partition coefficient (Wildman–Crippen LogP) is 4.50. The van der Waals surface area contributed by atoms with Gasteiger partial charge in [0.2, 0.25) is 14.9 Å². The predicted molar refractivity (Wildman–Crippen MR) is 130 cm³/mol. The molecule has 3 heterocycles. The van der Waals surface area contributed by atoms with Gasteiger partial charge in [0.1, 0.15) is 11.5 Å². The third kappa shape index (κ3) is 3.72. The van der Waals surface area contributed by atoms with Crippen molar-refractivity contribution in [2.75, 3.05) is 19.5 Å². The first kappa shape index (κ1) is 22.1. The fraction of sp³-hybridized carbons (Fsp3) is 0.174. The van der Waals surface area contributed by atoms with E-state index in [9.17, 15) is 8.42 Å². The lowest BCUT2D eigenvalue weighted by atomic mass is 10.2. The second-order valence-electron chi connectivity index (χ2n) is 7.45. The van der Waals surface area contributed by atoms with Crippen LogP contribution in [0.15, 0.2) is 63.8 Å². The molecule has 9 nitrogen and oxygen atoms in total. The summed E-state index contributed by atoms with van der Waals surface area (Å²) in [5, 5.41) is 13.1. The lowest BCUT2D eigenvalue weighted by Crippen LogP contribution is -2.05. The van der Waals surface area contributed by atoms with Crippen LogP contribution in [-0.2, 0) is 16.3 Å². The molecule has 1 N–H and O–H groups in total. The van der Waals surface area contributed by atoms with Crippen LogP contribution in [0.2, 0.25) is 0 Å². The van der Waals surface area contributed by atoms with Gasteiger partial charge in [-0.05, 0) is 35.6 Å². The van der Waals surface area contributed by atoms with Crippen molar-refractivity contribution >= 4 is 48.5 Å². The number of anilines is 2. The Hall–Kier alpha value is -3.70. The van der Waals surface area contributed by atoms with Crippen LogP contribution in [0.3, 0.4) is 0 Å². The van der Waals surface area contributed by atoms with Gasteiger partial charge in [0.05, 0.1) is 29.3 Å². The highest BCUT2D eigenvalue weighted by Crippen LogP contribution is 2.34. The minimum Gasteiger partial charge on any atom is -0.497 e. The number of fused-ring (bicyclic) bond motifs is 3. The van der Waals surface area contributed by atoms with Crippen molar-refractivity contribution in [2.45, 2.75) is 23.3 Å². The second kappa shape index (κ2) is 8.58. The molecule has 2 aromatic carbocycles. The molecule has 0 radical (unpaired) electrons. The SMILES string of the molecule is CCc1ccc(S(=O)(=O)c2nnn3c2nc(Nc2cc(OC)cc(OC)c2)c2sccc23)cc1. The molecule has 0 aliphatic carbocycles. The maximum atomic E-state index is 13.4. The molecule has 5 rings (SSSR count). The van der Waals surface area contributed by atoms with E-state index < -0.39 is 9.84 Å². The van der Waals surface area contributed by atoms with Gasteiger partial charge in [-0.2, -0.15) is 4.52 Å². The number of methoxy groups -OCH3 is 2. The van der Waals surface area contributed by atoms with Gasteiger partial charge in [-0.25, -0.2) is 13.4 Å². The molecular formula is C23H21N5O4S2. The fourth-order valence-corrected chi connectivity index (χ4v) is 5.67. The molecule has 174 valence electrons. The number of sulfone groups is 1. The van der Waals surface area contributed by atoms with E-state index in [1.165, 1.54) is 15.9 Å². The summed E-state index contributed by atoms with van der Waals surface area (Å²) < 4.78 is 39.8. The van der Waals surface area contributed by atoms with E-state index in [1.54, 1.807) is 56.7 Å². The topological polar surface area (TPSA) is 108 Å². The third-order valence-electron chi connectivity index (χ3n) is 5.43. The summed E-state index contributed by atoms with van der Waals surface area (Å²) in [7, 11) is -0.787. The standard InChI is InChI=1S/C23H21N5O4S2/c1-4-14-5-7-18(8-6-14)34(29,30)23-22-25-21(20-19(9-10-33-20)28(22)27-26-23)24-15-11-16(31-2)13-17(12-15)32-3/h5-13H,4H2,1-3H3,(H,24,25). The molecule has 0 bridgehead atoms. The average molecular weight is 496 g/mol. The summed E-state index contributed by atoms with van der Waals surface area (Å²) in [6, 6.07) is 14.0. The zero-order chi connectivity index (χ0) is 23.9. The van der Waals surface area contributed by atoms with Gasteiger partial charge in [0.25, 0.3) is 0 Å². The van der Waals surface area contributed by atoms with E-state index in [4.69, 9.17) is 9.47 Å². The zero-order valence-corrected chi connectivity index (χ0v) is 20.3. The first-order chi connectivity index (χ1) is 16.4. The van der Waals surface area contributed by atoms with Gasteiger partial charge in [-0.15, -0.1) is 16.4 Å². The molecule has 0 amide bonds. The second-order valence-corrected chi connectivity index (χ2v) is 10.2. The first-order valence-electron chi connectivity index (χ1n) is 10.4. The molecule has 0 fully saturated rings. The highest BCUT2D eigenvalue weighted by Gasteiger charge is 2.27. The van der Waals surface area contributed by atoms with Crippen LogP contribution >= 0.6 is 11.3 Å². The summed E-state index contributed by atoms with van der Waals surface area (Å²) in [6.07, 6.45) is 0.817. The van der Waals surface area contributed by atoms with Crippen LogP contribution < -0.4 is 14.8 Å². The highest BCUT2D eigenvalue weighted by atomic mass is 32.2. The molecule has 5 aromatic rings. The Labute approximate surface area is 199 Å². The highest BCUT2D eigenvalue weighted by molar-refractivity contribution is 7.91. The van der Waals surface area contributed by atoms with Crippen LogP contribution in [0.25, 0.3) is 15.9 Å². The number of hydrogen-bond acceptors (Lipinski definition) is 9. The van der Waals surface area contributed by atoms with E-state index in [0.29, 0.717) is 28.5 Å². The van der Waals surface area contributed by atoms with Crippen molar-refractivity contribution in [2.24, 2.45) is 0 Å². The van der Waals surface area contributed by atoms with Gasteiger partial charge in [-0.1, -0.05) is 24.3 Å². The number of benzene rings is 2. The molecule has 3 aromatic heterocycles. The summed E-state index contributed by atoms with van der Waals surface area (Å²) in [5.74, 6) is 1.69. The van der Waals surface area contributed by atoms with Crippen molar-refractivity contribution in [3.63, 3.8) is 0 Å². The number of aromatic nitrogens is 4. The largest absolute Gasteiger partial charge is 0.497 e. The Morgan fingerprint density at radius 3 is 2.38 bits per heavy atom. The van der Waals surface area contributed by atoms with Crippen LogP contribution in [-0.4, -0.2) is 42.4 Å². The van der Waals surface area contributed by atoms with Crippen LogP contribution in [0, 0.1) is 0 Å². The average Bonchev–Trinajstić information content (AvgIpc) is 3.51. The van der Waals surface area contributed by atoms with Crippen molar-refractivity contribution < 1.29 is 17.9 Å². The van der Waals surface area contributed by atoms with Crippen molar-refractivity contribution in [1.82, 2.24) is 19.8 Å². The van der Waals surface area contributed by atoms with Crippen molar-refractivity contribution in [1.29, 1.82) is 0 Å². The Morgan fingerprint density at radius 1 is 1.03 bits per heavy atom. The third-order valence-corrected chi connectivity index (χ3v) is 8.01. The molecule has 0 atom stereocenters. The molecule has 0 spiro atoms. The lowest BCUT2D eigenvalue weighted by molar-refractivity contribution is 0.395. The van der Waals surface area contributed by atoms with E-state index in [2.05, 4.69) is 20.6 Å². The Morgan fingerprint density at radius 2 is 1.74 bits per heavy atom. The van der Waals surface area contributed by atoms with Gasteiger partial charge in [0, 0.05) is 23.9 Å². The number of hydrogen-bond donors (Lipinski definition) is 1. The molecule has 11 heteroatoms. The number of nitrogens with one attached hydrogen (secondary N) is 1. The van der Waals surface area contributed by atoms with Gasteiger partial charge >= 0.3 is 0 Å². The quantitative estimate of drug-likeness (QED) is 0.352. The van der Waals surface area contributed by atoms with E-state index in [-0.39, 0.29) is 15.6 Å². The maximum absolute atomic E-state index is 13.4. The molecule has 0 saturated carbocycles. The Balaban J connectivity index is 1.66. The molecular weight excluding hydrogens is 474 g/mol. The number of ether oxygens (including phenoxy) is 2. The molecule has 0 aliphatic rings. The molecule has 0 saturated heterocycles. The normalized spacial score (nSPS) is 11.7. The summed E-state index contributed by atoms with van der Waals surface area (Å²) in [4.78, 5) is 4.79. The smallest absolute Gasteiger partial charge is 0.229 e. The maximum Gasteiger partial charge on any atom is 0.229 e. The Bertz CT molecular complexity index is 1590. The number of aryl methyl sites for hydroxylation is 1. The van der Waals surface area contributed by atoms with Crippen LogP contribution in [0.5, 0.6) is 11.5 Å². The van der Waals surface area contributed by atoms with E-state index in [0.717, 1.165) is 16.7 Å². The van der Waals surface area contributed by atoms with Gasteiger partial charge in [0.15, 0.2) is 11.5 Å². The first-order valence-corrected chi connectivity index (χ1v) is 12.8. The minimum absolute atomic E-state index is 0.142. The summed E-state index contributed by atoms with van der Waals surface area (Å²) in [6.45, 7) is 2.01. The van der Waals surface area contributed by atoms with Crippen LogP contribution in [0.1, 0.15) is 12.5 Å². The van der Waals surface area contributed by atoms with Gasteiger partial charge in [-0.3, -0.25) is 0 Å². The van der Waals surface area contributed by atoms with E-state index in [1.807, 2.05) is 18.4 Å². The molecule has 0 aliphatic heterocycles. The van der Waals surface area contributed by atoms with Crippen LogP contribution in [0.4, 0.5) is 11.5 Å².